The first-order valence-electron chi connectivity index (χ1n) is 11.5. The Balaban J connectivity index is 0.000000272. The minimum Gasteiger partial charge on any atom is -0.478 e. The largest absolute Gasteiger partial charge is 0.573 e. The van der Waals surface area contributed by atoms with Gasteiger partial charge >= 0.3 is 12.3 Å². The van der Waals surface area contributed by atoms with E-state index in [2.05, 4.69) is 10.1 Å². The summed E-state index contributed by atoms with van der Waals surface area (Å²) < 4.78 is 51.8. The summed E-state index contributed by atoms with van der Waals surface area (Å²) in [4.78, 5) is 23.3. The van der Waals surface area contributed by atoms with Gasteiger partial charge in [-0.25, -0.2) is 9.18 Å². The highest BCUT2D eigenvalue weighted by Crippen LogP contribution is 2.27. The van der Waals surface area contributed by atoms with Gasteiger partial charge < -0.3 is 20.9 Å². The maximum absolute atomic E-state index is 13.0. The highest BCUT2D eigenvalue weighted by Gasteiger charge is 2.31. The van der Waals surface area contributed by atoms with Crippen molar-refractivity contribution in [3.8, 4) is 16.9 Å². The van der Waals surface area contributed by atoms with Crippen LogP contribution in [0.4, 0.5) is 23.2 Å². The zero-order valence-corrected chi connectivity index (χ0v) is 20.6. The van der Waals surface area contributed by atoms with Gasteiger partial charge in [-0.15, -0.1) is 13.2 Å². The summed E-state index contributed by atoms with van der Waals surface area (Å²) >= 11 is 0. The Labute approximate surface area is 221 Å². The molecular weight excluding hydrogens is 516 g/mol. The van der Waals surface area contributed by atoms with Crippen molar-refractivity contribution in [1.29, 1.82) is 0 Å². The number of aromatic carboxylic acids is 1. The number of nitrogens with one attached hydrogen (secondary N) is 1. The van der Waals surface area contributed by atoms with Crippen LogP contribution in [0.2, 0.25) is 0 Å². The molecule has 0 bridgehead atoms. The molecule has 0 unspecified atom stereocenters. The van der Waals surface area contributed by atoms with Crippen LogP contribution >= 0.6 is 0 Å². The van der Waals surface area contributed by atoms with Crippen LogP contribution in [0.15, 0.2) is 91.0 Å². The smallest absolute Gasteiger partial charge is 0.478 e. The third-order valence-corrected chi connectivity index (χ3v) is 5.41. The minimum atomic E-state index is -4.65. The third-order valence-electron chi connectivity index (χ3n) is 5.41. The third kappa shape index (κ3) is 8.68. The molecule has 0 atom stereocenters. The number of carboxylic acid groups (broad SMARTS) is 1. The molecule has 0 aliphatic heterocycles. The molecule has 6 nitrogen and oxygen atoms in total. The lowest BCUT2D eigenvalue weighted by atomic mass is 9.98. The van der Waals surface area contributed by atoms with Crippen molar-refractivity contribution < 1.29 is 37.0 Å². The molecule has 39 heavy (non-hydrogen) atoms. The number of carbonyl (C=O) groups is 2. The van der Waals surface area contributed by atoms with Crippen molar-refractivity contribution in [2.75, 3.05) is 5.32 Å². The van der Waals surface area contributed by atoms with Crippen molar-refractivity contribution in [3.05, 3.63) is 119 Å². The predicted molar refractivity (Wildman–Crippen MR) is 139 cm³/mol. The summed E-state index contributed by atoms with van der Waals surface area (Å²) in [6.07, 6.45) is -4.65. The maximum Gasteiger partial charge on any atom is 0.573 e. The molecule has 0 saturated carbocycles. The van der Waals surface area contributed by atoms with Gasteiger partial charge in [-0.3, -0.25) is 4.79 Å². The summed E-state index contributed by atoms with van der Waals surface area (Å²) in [5.74, 6) is -1.95. The lowest BCUT2D eigenvalue weighted by Crippen LogP contribution is -2.17. The first-order valence-corrected chi connectivity index (χ1v) is 11.5. The fraction of sp³-hybridized carbons (Fsp3) is 0.103. The quantitative estimate of drug-likeness (QED) is 0.234. The van der Waals surface area contributed by atoms with E-state index in [1.165, 1.54) is 42.5 Å². The van der Waals surface area contributed by atoms with Gasteiger partial charge in [0.1, 0.15) is 11.6 Å². The average molecular weight is 541 g/mol. The number of rotatable bonds is 6. The summed E-state index contributed by atoms with van der Waals surface area (Å²) in [6.45, 7) is 2.13. The van der Waals surface area contributed by atoms with E-state index in [1.54, 1.807) is 36.4 Å². The summed E-state index contributed by atoms with van der Waals surface area (Å²) in [5, 5.41) is 11.8. The van der Waals surface area contributed by atoms with Gasteiger partial charge in [0.15, 0.2) is 0 Å². The van der Waals surface area contributed by atoms with E-state index in [4.69, 9.17) is 10.8 Å². The molecule has 4 rings (SSSR count). The second-order valence-corrected chi connectivity index (χ2v) is 8.27. The van der Waals surface area contributed by atoms with Gasteiger partial charge in [0.25, 0.3) is 5.91 Å². The predicted octanol–water partition coefficient (Wildman–Crippen LogP) is 6.80. The molecule has 4 aromatic carbocycles. The van der Waals surface area contributed by atoms with Crippen molar-refractivity contribution in [2.24, 2.45) is 5.73 Å². The number of carboxylic acids is 1. The topological polar surface area (TPSA) is 102 Å². The van der Waals surface area contributed by atoms with Crippen LogP contribution < -0.4 is 15.8 Å². The molecule has 0 fully saturated rings. The van der Waals surface area contributed by atoms with Crippen molar-refractivity contribution in [3.63, 3.8) is 0 Å². The Morgan fingerprint density at radius 1 is 0.897 bits per heavy atom. The number of benzene rings is 4. The molecule has 4 aromatic rings. The molecule has 0 aliphatic carbocycles. The number of alkyl halides is 3. The van der Waals surface area contributed by atoms with Crippen LogP contribution in [0.3, 0.4) is 0 Å². The highest BCUT2D eigenvalue weighted by molar-refractivity contribution is 6.04. The number of halogens is 4. The molecule has 10 heteroatoms. The van der Waals surface area contributed by atoms with Gasteiger partial charge in [-0.05, 0) is 89.8 Å². The zero-order valence-electron chi connectivity index (χ0n) is 20.6. The van der Waals surface area contributed by atoms with Gasteiger partial charge in [0, 0.05) is 17.8 Å². The van der Waals surface area contributed by atoms with Crippen LogP contribution in [0.5, 0.6) is 5.75 Å². The normalized spacial score (nSPS) is 10.7. The second-order valence-electron chi connectivity index (χ2n) is 8.27. The fourth-order valence-corrected chi connectivity index (χ4v) is 3.48. The fourth-order valence-electron chi connectivity index (χ4n) is 3.48. The number of hydrogen-bond acceptors (Lipinski definition) is 4. The number of amides is 1. The number of hydrogen-bond donors (Lipinski definition) is 3. The standard InChI is InChI=1S/C21H16FNO3.C8H8F3NO/c1-13-2-11-18(23-20(24)15-7-9-17(22)10-8-15)12-19(13)14-3-5-16(6-4-14)21(25)26;9-8(10,11)13-7-3-1-2-6(4-7)5-12/h2-12H,1H3,(H,23,24)(H,25,26);1-4H,5,12H2. The Bertz CT molecular complexity index is 1440. The Morgan fingerprint density at radius 3 is 2.13 bits per heavy atom. The maximum atomic E-state index is 13.0. The van der Waals surface area contributed by atoms with E-state index in [-0.39, 0.29) is 23.8 Å². The van der Waals surface area contributed by atoms with Gasteiger partial charge in [0.2, 0.25) is 0 Å². The monoisotopic (exact) mass is 540 g/mol. The molecular formula is C29H24F4N2O4. The average Bonchev–Trinajstić information content (AvgIpc) is 2.89. The Hall–Kier alpha value is -4.70. The molecule has 202 valence electrons. The number of aryl methyl sites for hydroxylation is 1. The molecule has 1 amide bonds. The number of ether oxygens (including phenoxy) is 1. The molecule has 0 aromatic heterocycles. The molecule has 0 saturated heterocycles. The summed E-state index contributed by atoms with van der Waals surface area (Å²) in [5.41, 5.74) is 9.75. The van der Waals surface area contributed by atoms with E-state index < -0.39 is 18.1 Å². The van der Waals surface area contributed by atoms with Gasteiger partial charge in [-0.1, -0.05) is 30.3 Å². The Kier molecular flexibility index (Phi) is 9.40. The van der Waals surface area contributed by atoms with E-state index in [1.807, 2.05) is 19.1 Å². The van der Waals surface area contributed by atoms with Crippen LogP contribution in [0.1, 0.15) is 31.8 Å². The highest BCUT2D eigenvalue weighted by atomic mass is 19.4. The van der Waals surface area contributed by atoms with Crippen molar-refractivity contribution in [2.45, 2.75) is 19.8 Å². The van der Waals surface area contributed by atoms with Crippen LogP contribution in [-0.4, -0.2) is 23.3 Å². The summed E-state index contributed by atoms with van der Waals surface area (Å²) in [7, 11) is 0. The van der Waals surface area contributed by atoms with Crippen LogP contribution in [0.25, 0.3) is 11.1 Å². The van der Waals surface area contributed by atoms with E-state index in [9.17, 15) is 27.2 Å². The molecule has 4 N–H and O–H groups in total. The lowest BCUT2D eigenvalue weighted by molar-refractivity contribution is -0.274. The van der Waals surface area contributed by atoms with E-state index >= 15 is 0 Å². The SMILES string of the molecule is Cc1ccc(NC(=O)c2ccc(F)cc2)cc1-c1ccc(C(=O)O)cc1.NCc1cccc(OC(F)(F)F)c1. The number of nitrogens with two attached hydrogens (primary N) is 1. The molecule has 0 aliphatic rings. The lowest BCUT2D eigenvalue weighted by Gasteiger charge is -2.11. The number of carbonyl (C=O) groups excluding carboxylic acids is 1. The minimum absolute atomic E-state index is 0.190. The zero-order chi connectivity index (χ0) is 28.6. The van der Waals surface area contributed by atoms with Crippen LogP contribution in [0, 0.1) is 12.7 Å². The van der Waals surface area contributed by atoms with Gasteiger partial charge in [0.05, 0.1) is 5.56 Å². The Morgan fingerprint density at radius 2 is 1.54 bits per heavy atom. The summed E-state index contributed by atoms with van der Waals surface area (Å²) in [6, 6.07) is 22.9. The first-order chi connectivity index (χ1) is 18.4. The number of anilines is 1. The second kappa shape index (κ2) is 12.7. The first kappa shape index (κ1) is 28.9. The van der Waals surface area contributed by atoms with E-state index in [0.717, 1.165) is 16.7 Å². The molecule has 0 radical (unpaired) electrons. The van der Waals surface area contributed by atoms with Crippen molar-refractivity contribution in [1.82, 2.24) is 0 Å². The molecule has 0 heterocycles. The molecule has 0 spiro atoms. The van der Waals surface area contributed by atoms with Crippen LogP contribution in [-0.2, 0) is 6.54 Å². The van der Waals surface area contributed by atoms with Gasteiger partial charge in [-0.2, -0.15) is 0 Å². The van der Waals surface area contributed by atoms with Crippen molar-refractivity contribution >= 4 is 17.6 Å². The van der Waals surface area contributed by atoms with E-state index in [0.29, 0.717) is 16.8 Å².